The van der Waals surface area contributed by atoms with E-state index < -0.39 is 0 Å². The molecular formula is C17H23FN2O. The molecule has 1 aromatic carbocycles. The van der Waals surface area contributed by atoms with Crippen LogP contribution in [-0.4, -0.2) is 36.5 Å². The van der Waals surface area contributed by atoms with Crippen molar-refractivity contribution in [2.75, 3.05) is 19.6 Å². The number of halogens is 1. The maximum absolute atomic E-state index is 13.2. The molecule has 1 aliphatic heterocycles. The van der Waals surface area contributed by atoms with E-state index >= 15 is 0 Å². The van der Waals surface area contributed by atoms with E-state index in [1.165, 1.54) is 12.5 Å². The molecule has 1 saturated carbocycles. The van der Waals surface area contributed by atoms with Crippen LogP contribution in [0.4, 0.5) is 4.39 Å². The van der Waals surface area contributed by atoms with Gasteiger partial charge < -0.3 is 10.2 Å². The molecule has 1 N–H and O–H groups in total. The second kappa shape index (κ2) is 6.56. The predicted octanol–water partition coefficient (Wildman–Crippen LogP) is 2.67. The van der Waals surface area contributed by atoms with E-state index in [1.807, 2.05) is 11.0 Å². The Kier molecular flexibility index (Phi) is 4.54. The van der Waals surface area contributed by atoms with Crippen molar-refractivity contribution in [3.63, 3.8) is 0 Å². The first-order valence-corrected chi connectivity index (χ1v) is 7.99. The van der Waals surface area contributed by atoms with Crippen LogP contribution in [0.2, 0.25) is 0 Å². The number of piperidine rings is 1. The molecule has 1 aliphatic carbocycles. The van der Waals surface area contributed by atoms with Gasteiger partial charge in [0.1, 0.15) is 5.82 Å². The summed E-state index contributed by atoms with van der Waals surface area (Å²) in [4.78, 5) is 14.0. The van der Waals surface area contributed by atoms with Gasteiger partial charge in [-0.25, -0.2) is 4.39 Å². The molecule has 1 aromatic rings. The summed E-state index contributed by atoms with van der Waals surface area (Å²) in [5, 5.41) is 3.35. The van der Waals surface area contributed by atoms with E-state index in [4.69, 9.17) is 0 Å². The lowest BCUT2D eigenvalue weighted by molar-refractivity contribution is -0.131. The van der Waals surface area contributed by atoms with Crippen molar-refractivity contribution in [1.29, 1.82) is 0 Å². The summed E-state index contributed by atoms with van der Waals surface area (Å²) in [5.41, 5.74) is 1.08. The lowest BCUT2D eigenvalue weighted by Gasteiger charge is -2.37. The summed E-state index contributed by atoms with van der Waals surface area (Å²) < 4.78 is 13.2. The van der Waals surface area contributed by atoms with Gasteiger partial charge in [-0.2, -0.15) is 0 Å². The maximum atomic E-state index is 13.2. The van der Waals surface area contributed by atoms with E-state index in [9.17, 15) is 9.18 Å². The quantitative estimate of drug-likeness (QED) is 0.924. The molecule has 1 saturated heterocycles. The third-order valence-electron chi connectivity index (χ3n) is 4.71. The third-order valence-corrected chi connectivity index (χ3v) is 4.71. The number of hydrogen-bond donors (Lipinski definition) is 1. The minimum atomic E-state index is -0.163. The molecule has 0 bridgehead atoms. The van der Waals surface area contributed by atoms with Gasteiger partial charge in [-0.3, -0.25) is 4.79 Å². The number of likely N-dealkylation sites (tertiary alicyclic amines) is 1. The fourth-order valence-electron chi connectivity index (χ4n) is 3.30. The largest absolute Gasteiger partial charge is 0.342 e. The molecule has 1 amide bonds. The molecule has 4 heteroatoms. The number of amides is 1. The molecular weight excluding hydrogens is 267 g/mol. The summed E-state index contributed by atoms with van der Waals surface area (Å²) in [6, 6.07) is 7.26. The van der Waals surface area contributed by atoms with E-state index in [0.717, 1.165) is 44.3 Å². The Labute approximate surface area is 125 Å². The lowest BCUT2D eigenvalue weighted by atomic mass is 9.76. The zero-order chi connectivity index (χ0) is 14.7. The summed E-state index contributed by atoms with van der Waals surface area (Å²) in [5.74, 6) is 0.497. The van der Waals surface area contributed by atoms with Crippen molar-refractivity contribution in [2.45, 2.75) is 44.1 Å². The number of rotatable bonds is 4. The number of hydrogen-bond acceptors (Lipinski definition) is 2. The molecule has 0 radical (unpaired) electrons. The van der Waals surface area contributed by atoms with E-state index in [-0.39, 0.29) is 11.7 Å². The van der Waals surface area contributed by atoms with Crippen LogP contribution in [0.15, 0.2) is 24.3 Å². The molecule has 3 nitrogen and oxygen atoms in total. The Morgan fingerprint density at radius 1 is 1.24 bits per heavy atom. The fraction of sp³-hybridized carbons (Fsp3) is 0.588. The highest BCUT2D eigenvalue weighted by Crippen LogP contribution is 2.36. The summed E-state index contributed by atoms with van der Waals surface area (Å²) in [6.45, 7) is 2.27. The first-order chi connectivity index (χ1) is 10.2. The van der Waals surface area contributed by atoms with E-state index in [0.29, 0.717) is 18.5 Å². The molecule has 0 spiro atoms. The number of nitrogens with zero attached hydrogens (tertiary/aromatic N) is 1. The molecule has 3 rings (SSSR count). The van der Waals surface area contributed by atoms with Crippen LogP contribution in [0.1, 0.15) is 43.6 Å². The van der Waals surface area contributed by atoms with Crippen LogP contribution >= 0.6 is 0 Å². The second-order valence-corrected chi connectivity index (χ2v) is 6.24. The average molecular weight is 290 g/mol. The highest BCUT2D eigenvalue weighted by atomic mass is 19.1. The van der Waals surface area contributed by atoms with Crippen molar-refractivity contribution in [3.05, 3.63) is 35.6 Å². The van der Waals surface area contributed by atoms with Gasteiger partial charge in [0.05, 0.1) is 6.54 Å². The zero-order valence-corrected chi connectivity index (χ0v) is 12.4. The van der Waals surface area contributed by atoms with Crippen molar-refractivity contribution in [2.24, 2.45) is 0 Å². The van der Waals surface area contributed by atoms with Crippen LogP contribution in [0.5, 0.6) is 0 Å². The Balaban J connectivity index is 1.40. The summed E-state index contributed by atoms with van der Waals surface area (Å²) in [7, 11) is 0. The Morgan fingerprint density at radius 3 is 2.71 bits per heavy atom. The number of nitrogens with one attached hydrogen (secondary N) is 1. The van der Waals surface area contributed by atoms with Crippen LogP contribution < -0.4 is 5.32 Å². The molecule has 1 heterocycles. The predicted molar refractivity (Wildman–Crippen MR) is 80.6 cm³/mol. The van der Waals surface area contributed by atoms with Gasteiger partial charge in [-0.05, 0) is 55.7 Å². The topological polar surface area (TPSA) is 32.3 Å². The number of carbonyl (C=O) groups excluding carboxylic acids is 1. The second-order valence-electron chi connectivity index (χ2n) is 6.24. The van der Waals surface area contributed by atoms with Gasteiger partial charge >= 0.3 is 0 Å². The molecule has 2 aliphatic rings. The summed E-state index contributed by atoms with van der Waals surface area (Å²) >= 11 is 0. The molecule has 0 atom stereocenters. The normalized spacial score (nSPS) is 25.5. The monoisotopic (exact) mass is 290 g/mol. The SMILES string of the molecule is O=C(CNC1CC(c2cccc(F)c2)C1)N1CCCCC1. The third kappa shape index (κ3) is 3.62. The van der Waals surface area contributed by atoms with Gasteiger partial charge in [-0.1, -0.05) is 12.1 Å². The highest BCUT2D eigenvalue weighted by molar-refractivity contribution is 5.78. The first kappa shape index (κ1) is 14.5. The smallest absolute Gasteiger partial charge is 0.236 e. The lowest BCUT2D eigenvalue weighted by Crippen LogP contribution is -2.47. The summed E-state index contributed by atoms with van der Waals surface area (Å²) in [6.07, 6.45) is 5.51. The van der Waals surface area contributed by atoms with Crippen LogP contribution in [0.3, 0.4) is 0 Å². The van der Waals surface area contributed by atoms with Crippen molar-refractivity contribution >= 4 is 5.91 Å². The Morgan fingerprint density at radius 2 is 2.00 bits per heavy atom. The van der Waals surface area contributed by atoms with Gasteiger partial charge in [0, 0.05) is 19.1 Å². The fourth-order valence-corrected chi connectivity index (χ4v) is 3.30. The Hall–Kier alpha value is -1.42. The molecule has 0 unspecified atom stereocenters. The van der Waals surface area contributed by atoms with Crippen molar-refractivity contribution in [3.8, 4) is 0 Å². The molecule has 114 valence electrons. The first-order valence-electron chi connectivity index (χ1n) is 7.99. The van der Waals surface area contributed by atoms with E-state index in [2.05, 4.69) is 5.32 Å². The highest BCUT2D eigenvalue weighted by Gasteiger charge is 2.30. The molecule has 21 heavy (non-hydrogen) atoms. The average Bonchev–Trinajstić information content (AvgIpc) is 2.46. The van der Waals surface area contributed by atoms with Gasteiger partial charge in [0.25, 0.3) is 0 Å². The molecule has 2 fully saturated rings. The standard InChI is InChI=1S/C17H23FN2O/c18-15-6-4-5-13(9-15)14-10-16(11-14)19-12-17(21)20-7-2-1-3-8-20/h4-6,9,14,16,19H,1-3,7-8,10-12H2. The van der Waals surface area contributed by atoms with Crippen LogP contribution in [0.25, 0.3) is 0 Å². The van der Waals surface area contributed by atoms with Crippen LogP contribution in [-0.2, 0) is 4.79 Å². The number of benzene rings is 1. The minimum absolute atomic E-state index is 0.163. The molecule has 0 aromatic heterocycles. The van der Waals surface area contributed by atoms with Gasteiger partial charge in [-0.15, -0.1) is 0 Å². The van der Waals surface area contributed by atoms with E-state index in [1.54, 1.807) is 12.1 Å². The van der Waals surface area contributed by atoms with Crippen molar-refractivity contribution in [1.82, 2.24) is 10.2 Å². The maximum Gasteiger partial charge on any atom is 0.236 e. The van der Waals surface area contributed by atoms with Crippen LogP contribution in [0, 0.1) is 5.82 Å². The Bertz CT molecular complexity index is 493. The van der Waals surface area contributed by atoms with Crippen molar-refractivity contribution < 1.29 is 9.18 Å². The zero-order valence-electron chi connectivity index (χ0n) is 12.4. The van der Waals surface area contributed by atoms with Gasteiger partial charge in [0.15, 0.2) is 0 Å². The minimum Gasteiger partial charge on any atom is -0.342 e. The van der Waals surface area contributed by atoms with Gasteiger partial charge in [0.2, 0.25) is 5.91 Å². The number of carbonyl (C=O) groups is 1.